The van der Waals surface area contributed by atoms with Crippen molar-refractivity contribution in [1.29, 1.82) is 0 Å². The molecule has 168 valence electrons. The van der Waals surface area contributed by atoms with E-state index in [0.717, 1.165) is 23.1 Å². The number of nitrogens with zero attached hydrogens (tertiary/aromatic N) is 4. The summed E-state index contributed by atoms with van der Waals surface area (Å²) >= 11 is 1.07. The lowest BCUT2D eigenvalue weighted by Gasteiger charge is -2.22. The second-order valence-corrected chi connectivity index (χ2v) is 7.82. The topological polar surface area (TPSA) is 142 Å². The molecule has 2 amide bonds. The molecule has 0 aliphatic rings. The highest BCUT2D eigenvalue weighted by Crippen LogP contribution is 2.27. The molecule has 0 spiro atoms. The van der Waals surface area contributed by atoms with E-state index in [1.165, 1.54) is 22.7 Å². The number of carbonyl (C=O) groups is 2. The van der Waals surface area contributed by atoms with Gasteiger partial charge in [0.05, 0.1) is 11.9 Å². The molecule has 0 aliphatic carbocycles. The Hall–Kier alpha value is -3.61. The zero-order chi connectivity index (χ0) is 23.3. The molecule has 3 aromatic rings. The number of hydrogen-bond acceptors (Lipinski definition) is 9. The number of carbonyl (C=O) groups excluding carboxylic acids is 2. The van der Waals surface area contributed by atoms with Gasteiger partial charge in [0, 0.05) is 35.4 Å². The second kappa shape index (κ2) is 10.1. The van der Waals surface area contributed by atoms with E-state index in [9.17, 15) is 14.0 Å². The quantitative estimate of drug-likeness (QED) is 0.215. The molecule has 1 atom stereocenters. The van der Waals surface area contributed by atoms with Gasteiger partial charge in [-0.15, -0.1) is 11.3 Å². The number of halogens is 1. The zero-order valence-corrected chi connectivity index (χ0v) is 18.3. The number of pyridine rings is 1. The number of likely N-dealkylation sites (N-methyl/N-ethyl adjacent to an activating group) is 1. The standard InChI is InChI=1S/C20H23FN8O2S/c1-28(2)17(22)10-25-13-5-3-12(4-6-13)19(31)27-29(14-7-8-24-16(21)9-14)20-26-15(11-32-20)18(23)30/h3-9,11,17,25H,10,22H2,1-2H3,(H2,23,30)(H,27,31). The number of anilines is 3. The third-order valence-corrected chi connectivity index (χ3v) is 5.27. The molecule has 0 aliphatic heterocycles. The first-order valence-electron chi connectivity index (χ1n) is 9.48. The molecule has 12 heteroatoms. The Balaban J connectivity index is 1.78. The highest BCUT2D eigenvalue weighted by molar-refractivity contribution is 7.14. The van der Waals surface area contributed by atoms with Crippen molar-refractivity contribution in [2.24, 2.45) is 11.5 Å². The lowest BCUT2D eigenvalue weighted by Crippen LogP contribution is -2.41. The van der Waals surface area contributed by atoms with Gasteiger partial charge < -0.3 is 16.8 Å². The van der Waals surface area contributed by atoms with Crippen LogP contribution in [0.15, 0.2) is 48.0 Å². The Morgan fingerprint density at radius 1 is 1.22 bits per heavy atom. The molecule has 0 saturated heterocycles. The fraction of sp³-hybridized carbons (Fsp3) is 0.200. The normalized spacial score (nSPS) is 11.8. The highest BCUT2D eigenvalue weighted by atomic mass is 32.1. The molecule has 2 heterocycles. The first kappa shape index (κ1) is 23.1. The van der Waals surface area contributed by atoms with E-state index in [-0.39, 0.29) is 22.7 Å². The third kappa shape index (κ3) is 5.75. The maximum absolute atomic E-state index is 13.7. The van der Waals surface area contributed by atoms with Gasteiger partial charge in [0.15, 0.2) is 0 Å². The number of amides is 2. The van der Waals surface area contributed by atoms with Crippen molar-refractivity contribution in [2.45, 2.75) is 6.17 Å². The van der Waals surface area contributed by atoms with Crippen LogP contribution in [0.4, 0.5) is 20.9 Å². The lowest BCUT2D eigenvalue weighted by molar-refractivity contribution is 0.0953. The number of nitrogens with one attached hydrogen (secondary N) is 2. The summed E-state index contributed by atoms with van der Waals surface area (Å²) in [4.78, 5) is 33.8. The van der Waals surface area contributed by atoms with Gasteiger partial charge in [-0.05, 0) is 44.4 Å². The highest BCUT2D eigenvalue weighted by Gasteiger charge is 2.19. The van der Waals surface area contributed by atoms with Gasteiger partial charge in [-0.25, -0.2) is 15.0 Å². The Morgan fingerprint density at radius 3 is 2.53 bits per heavy atom. The van der Waals surface area contributed by atoms with Crippen molar-refractivity contribution in [2.75, 3.05) is 31.0 Å². The maximum Gasteiger partial charge on any atom is 0.270 e. The summed E-state index contributed by atoms with van der Waals surface area (Å²) in [7, 11) is 3.77. The minimum Gasteiger partial charge on any atom is -0.382 e. The van der Waals surface area contributed by atoms with E-state index < -0.39 is 17.8 Å². The van der Waals surface area contributed by atoms with Crippen LogP contribution >= 0.6 is 11.3 Å². The number of primary amides is 1. The summed E-state index contributed by atoms with van der Waals surface area (Å²) in [5.74, 6) is -1.91. The first-order valence-corrected chi connectivity index (χ1v) is 10.4. The molecule has 0 fully saturated rings. The van der Waals surface area contributed by atoms with E-state index in [1.54, 1.807) is 24.3 Å². The summed E-state index contributed by atoms with van der Waals surface area (Å²) in [6.07, 6.45) is 1.10. The van der Waals surface area contributed by atoms with Gasteiger partial charge in [-0.2, -0.15) is 4.39 Å². The molecule has 6 N–H and O–H groups in total. The van der Waals surface area contributed by atoms with Gasteiger partial charge in [0.25, 0.3) is 11.8 Å². The molecule has 2 aromatic heterocycles. The average molecular weight is 459 g/mol. The molecule has 1 unspecified atom stereocenters. The number of rotatable bonds is 9. The van der Waals surface area contributed by atoms with Crippen LogP contribution < -0.4 is 27.2 Å². The SMILES string of the molecule is CN(C)C(N)CNc1ccc(C(=O)NN(c2ccnc(F)c2)c2nc(C(N)=O)cs2)cc1. The molecule has 32 heavy (non-hydrogen) atoms. The van der Waals surface area contributed by atoms with Gasteiger partial charge in [0.2, 0.25) is 11.1 Å². The minimum atomic E-state index is -0.736. The first-order chi connectivity index (χ1) is 15.2. The smallest absolute Gasteiger partial charge is 0.270 e. The van der Waals surface area contributed by atoms with E-state index in [4.69, 9.17) is 11.5 Å². The molecule has 0 radical (unpaired) electrons. The van der Waals surface area contributed by atoms with Gasteiger partial charge >= 0.3 is 0 Å². The molecular formula is C20H23FN8O2S. The number of hydrogen-bond donors (Lipinski definition) is 4. The summed E-state index contributed by atoms with van der Waals surface area (Å²) in [5, 5.41) is 6.15. The van der Waals surface area contributed by atoms with Crippen LogP contribution in [-0.4, -0.2) is 53.5 Å². The van der Waals surface area contributed by atoms with Crippen molar-refractivity contribution in [1.82, 2.24) is 20.3 Å². The number of nitrogens with two attached hydrogens (primary N) is 2. The van der Waals surface area contributed by atoms with E-state index in [0.29, 0.717) is 12.1 Å². The van der Waals surface area contributed by atoms with Gasteiger partial charge in [0.1, 0.15) is 5.69 Å². The molecule has 0 saturated carbocycles. The van der Waals surface area contributed by atoms with Crippen LogP contribution in [0, 0.1) is 5.95 Å². The molecule has 3 rings (SSSR count). The zero-order valence-electron chi connectivity index (χ0n) is 17.4. The van der Waals surface area contributed by atoms with Crippen LogP contribution in [0.2, 0.25) is 0 Å². The Kier molecular flexibility index (Phi) is 7.30. The molecule has 0 bridgehead atoms. The predicted octanol–water partition coefficient (Wildman–Crippen LogP) is 1.52. The number of benzene rings is 1. The van der Waals surface area contributed by atoms with Crippen LogP contribution in [0.25, 0.3) is 0 Å². The Morgan fingerprint density at radius 2 is 1.94 bits per heavy atom. The predicted molar refractivity (Wildman–Crippen MR) is 121 cm³/mol. The van der Waals surface area contributed by atoms with Gasteiger partial charge in [-0.3, -0.25) is 19.9 Å². The van der Waals surface area contributed by atoms with Crippen molar-refractivity contribution >= 4 is 39.7 Å². The van der Waals surface area contributed by atoms with Crippen LogP contribution in [0.1, 0.15) is 20.8 Å². The molecular weight excluding hydrogens is 435 g/mol. The van der Waals surface area contributed by atoms with Crippen molar-refractivity contribution < 1.29 is 14.0 Å². The summed E-state index contributed by atoms with van der Waals surface area (Å²) < 4.78 is 13.7. The fourth-order valence-corrected chi connectivity index (χ4v) is 3.34. The lowest BCUT2D eigenvalue weighted by atomic mass is 10.2. The monoisotopic (exact) mass is 458 g/mol. The Bertz CT molecular complexity index is 1090. The average Bonchev–Trinajstić information content (AvgIpc) is 3.26. The largest absolute Gasteiger partial charge is 0.382 e. The van der Waals surface area contributed by atoms with Crippen LogP contribution in [-0.2, 0) is 0 Å². The summed E-state index contributed by atoms with van der Waals surface area (Å²) in [6, 6.07) is 9.41. The van der Waals surface area contributed by atoms with Crippen molar-refractivity contribution in [3.05, 3.63) is 65.2 Å². The number of thiazole rings is 1. The van der Waals surface area contributed by atoms with E-state index >= 15 is 0 Å². The van der Waals surface area contributed by atoms with Crippen LogP contribution in [0.3, 0.4) is 0 Å². The molecule has 1 aromatic carbocycles. The Labute approximate surface area is 188 Å². The van der Waals surface area contributed by atoms with E-state index in [1.807, 2.05) is 19.0 Å². The molecule has 10 nitrogen and oxygen atoms in total. The number of aromatic nitrogens is 2. The van der Waals surface area contributed by atoms with Gasteiger partial charge in [-0.1, -0.05) is 0 Å². The summed E-state index contributed by atoms with van der Waals surface area (Å²) in [6.45, 7) is 0.534. The summed E-state index contributed by atoms with van der Waals surface area (Å²) in [5.41, 5.74) is 15.4. The second-order valence-electron chi connectivity index (χ2n) is 6.98. The maximum atomic E-state index is 13.7. The minimum absolute atomic E-state index is 0.0325. The van der Waals surface area contributed by atoms with Crippen molar-refractivity contribution in [3.8, 4) is 0 Å². The van der Waals surface area contributed by atoms with Crippen LogP contribution in [0.5, 0.6) is 0 Å². The van der Waals surface area contributed by atoms with E-state index in [2.05, 4.69) is 20.7 Å². The van der Waals surface area contributed by atoms with Crippen molar-refractivity contribution in [3.63, 3.8) is 0 Å². The third-order valence-electron chi connectivity index (χ3n) is 4.44. The number of hydrazine groups is 1. The fourth-order valence-electron chi connectivity index (χ4n) is 2.54.